The smallest absolute Gasteiger partial charge is 0.128 e. The van der Waals surface area contributed by atoms with Crippen molar-refractivity contribution in [2.24, 2.45) is 5.92 Å². The molecule has 2 rings (SSSR count). The molecule has 1 aliphatic rings. The minimum atomic E-state index is -1.10. The van der Waals surface area contributed by atoms with Gasteiger partial charge in [0.15, 0.2) is 0 Å². The maximum Gasteiger partial charge on any atom is 0.128 e. The zero-order chi connectivity index (χ0) is 12.1. The second-order valence-corrected chi connectivity index (χ2v) is 5.66. The Morgan fingerprint density at radius 2 is 2.53 bits per heavy atom. The van der Waals surface area contributed by atoms with Crippen LogP contribution in [0.25, 0.3) is 0 Å². The molecule has 2 atom stereocenters. The van der Waals surface area contributed by atoms with E-state index in [1.807, 2.05) is 6.07 Å². The van der Waals surface area contributed by atoms with Gasteiger partial charge in [0.05, 0.1) is 22.4 Å². The monoisotopic (exact) mass is 249 g/mol. The quantitative estimate of drug-likeness (QED) is 0.870. The van der Waals surface area contributed by atoms with Gasteiger partial charge in [-0.1, -0.05) is 0 Å². The maximum absolute atomic E-state index is 12.1. The van der Waals surface area contributed by atoms with Crippen LogP contribution in [0.1, 0.15) is 18.4 Å². The van der Waals surface area contributed by atoms with Gasteiger partial charge in [-0.15, -0.1) is 0 Å². The van der Waals surface area contributed by atoms with Gasteiger partial charge in [-0.05, 0) is 44.0 Å². The second kappa shape index (κ2) is 5.89. The lowest BCUT2D eigenvalue weighted by molar-refractivity contribution is 0.408. The van der Waals surface area contributed by atoms with Crippen molar-refractivity contribution in [3.8, 4) is 6.07 Å². The van der Waals surface area contributed by atoms with Gasteiger partial charge in [0.1, 0.15) is 5.03 Å². The number of piperidine rings is 1. The van der Waals surface area contributed by atoms with E-state index in [-0.39, 0.29) is 0 Å². The second-order valence-electron chi connectivity index (χ2n) is 4.22. The Kier molecular flexibility index (Phi) is 4.24. The summed E-state index contributed by atoms with van der Waals surface area (Å²) in [4.78, 5) is 4.08. The summed E-state index contributed by atoms with van der Waals surface area (Å²) < 4.78 is 12.1. The Morgan fingerprint density at radius 3 is 3.24 bits per heavy atom. The topological polar surface area (TPSA) is 65.8 Å². The van der Waals surface area contributed by atoms with Gasteiger partial charge < -0.3 is 5.32 Å². The van der Waals surface area contributed by atoms with Crippen molar-refractivity contribution in [2.45, 2.75) is 17.9 Å². The molecule has 0 spiro atoms. The van der Waals surface area contributed by atoms with E-state index in [1.54, 1.807) is 18.3 Å². The largest absolute Gasteiger partial charge is 0.316 e. The Bertz CT molecular complexity index is 449. The Balaban J connectivity index is 2.01. The van der Waals surface area contributed by atoms with Crippen LogP contribution < -0.4 is 5.32 Å². The summed E-state index contributed by atoms with van der Waals surface area (Å²) in [6, 6.07) is 5.28. The predicted molar refractivity (Wildman–Crippen MR) is 65.8 cm³/mol. The lowest BCUT2D eigenvalue weighted by atomic mass is 10.0. The van der Waals surface area contributed by atoms with Crippen LogP contribution in [-0.2, 0) is 10.8 Å². The summed E-state index contributed by atoms with van der Waals surface area (Å²) in [7, 11) is -1.10. The molecule has 1 aliphatic heterocycles. The van der Waals surface area contributed by atoms with Crippen LogP contribution in [-0.4, -0.2) is 28.0 Å². The van der Waals surface area contributed by atoms with Crippen LogP contribution in [0, 0.1) is 17.2 Å². The zero-order valence-corrected chi connectivity index (χ0v) is 10.4. The molecule has 0 saturated carbocycles. The summed E-state index contributed by atoms with van der Waals surface area (Å²) in [5.74, 6) is 1.09. The fraction of sp³-hybridized carbons (Fsp3) is 0.500. The van der Waals surface area contributed by atoms with Gasteiger partial charge in [-0.3, -0.25) is 4.21 Å². The van der Waals surface area contributed by atoms with E-state index < -0.39 is 10.8 Å². The van der Waals surface area contributed by atoms with Crippen molar-refractivity contribution >= 4 is 10.8 Å². The lowest BCUT2D eigenvalue weighted by Crippen LogP contribution is -2.32. The van der Waals surface area contributed by atoms with Crippen LogP contribution in [0.2, 0.25) is 0 Å². The minimum Gasteiger partial charge on any atom is -0.316 e. The first kappa shape index (κ1) is 12.2. The SMILES string of the molecule is N#Cc1ccnc(S(=O)CC2CCCNC2)c1. The summed E-state index contributed by atoms with van der Waals surface area (Å²) >= 11 is 0. The van der Waals surface area contributed by atoms with Crippen LogP contribution in [0.5, 0.6) is 0 Å². The highest BCUT2D eigenvalue weighted by Crippen LogP contribution is 2.15. The van der Waals surface area contributed by atoms with Gasteiger partial charge in [-0.25, -0.2) is 4.98 Å². The van der Waals surface area contributed by atoms with Crippen LogP contribution in [0.4, 0.5) is 0 Å². The number of rotatable bonds is 3. The number of pyridine rings is 1. The molecule has 5 heteroatoms. The third kappa shape index (κ3) is 3.35. The molecular weight excluding hydrogens is 234 g/mol. The first-order chi connectivity index (χ1) is 8.29. The van der Waals surface area contributed by atoms with Crippen molar-refractivity contribution in [1.29, 1.82) is 5.26 Å². The number of nitrogens with zero attached hydrogens (tertiary/aromatic N) is 2. The first-order valence-corrected chi connectivity index (χ1v) is 7.07. The average molecular weight is 249 g/mol. The van der Waals surface area contributed by atoms with E-state index in [0.717, 1.165) is 25.9 Å². The molecule has 2 unspecified atom stereocenters. The third-order valence-corrected chi connectivity index (χ3v) is 4.35. The summed E-state index contributed by atoms with van der Waals surface area (Å²) in [6.07, 6.45) is 3.81. The summed E-state index contributed by atoms with van der Waals surface area (Å²) in [5.41, 5.74) is 0.519. The van der Waals surface area contributed by atoms with Crippen LogP contribution >= 0.6 is 0 Å². The fourth-order valence-electron chi connectivity index (χ4n) is 1.97. The van der Waals surface area contributed by atoms with Gasteiger partial charge in [0.2, 0.25) is 0 Å². The molecule has 1 N–H and O–H groups in total. The Labute approximate surface area is 104 Å². The molecule has 1 aromatic heterocycles. The van der Waals surface area contributed by atoms with Gasteiger partial charge in [0.25, 0.3) is 0 Å². The van der Waals surface area contributed by atoms with E-state index >= 15 is 0 Å². The van der Waals surface area contributed by atoms with Gasteiger partial charge in [-0.2, -0.15) is 5.26 Å². The highest BCUT2D eigenvalue weighted by molar-refractivity contribution is 7.84. The summed E-state index contributed by atoms with van der Waals surface area (Å²) in [5, 5.41) is 12.6. The first-order valence-electron chi connectivity index (χ1n) is 5.75. The maximum atomic E-state index is 12.1. The van der Waals surface area contributed by atoms with E-state index in [0.29, 0.717) is 22.3 Å². The zero-order valence-electron chi connectivity index (χ0n) is 9.56. The van der Waals surface area contributed by atoms with Crippen molar-refractivity contribution in [3.63, 3.8) is 0 Å². The highest BCUT2D eigenvalue weighted by Gasteiger charge is 2.17. The van der Waals surface area contributed by atoms with E-state index in [9.17, 15) is 4.21 Å². The minimum absolute atomic E-state index is 0.456. The standard InChI is InChI=1S/C12H15N3OS/c13-7-10-3-5-15-12(6-10)17(16)9-11-2-1-4-14-8-11/h3,5-6,11,14H,1-2,4,8-9H2. The van der Waals surface area contributed by atoms with Crippen molar-refractivity contribution < 1.29 is 4.21 Å². The predicted octanol–water partition coefficient (Wildman–Crippen LogP) is 1.06. The van der Waals surface area contributed by atoms with Crippen LogP contribution in [0.3, 0.4) is 0 Å². The molecule has 0 aromatic carbocycles. The molecule has 2 heterocycles. The molecule has 1 aromatic rings. The Morgan fingerprint density at radius 1 is 1.65 bits per heavy atom. The van der Waals surface area contributed by atoms with Crippen molar-refractivity contribution in [1.82, 2.24) is 10.3 Å². The summed E-state index contributed by atoms with van der Waals surface area (Å²) in [6.45, 7) is 2.00. The van der Waals surface area contributed by atoms with Crippen molar-refractivity contribution in [2.75, 3.05) is 18.8 Å². The fourth-order valence-corrected chi connectivity index (χ4v) is 3.29. The molecule has 0 aliphatic carbocycles. The molecule has 0 radical (unpaired) electrons. The molecule has 0 bridgehead atoms. The third-order valence-electron chi connectivity index (χ3n) is 2.88. The van der Waals surface area contributed by atoms with E-state index in [4.69, 9.17) is 5.26 Å². The lowest BCUT2D eigenvalue weighted by Gasteiger charge is -2.21. The van der Waals surface area contributed by atoms with Crippen molar-refractivity contribution in [3.05, 3.63) is 23.9 Å². The number of aromatic nitrogens is 1. The van der Waals surface area contributed by atoms with Gasteiger partial charge in [0, 0.05) is 11.9 Å². The van der Waals surface area contributed by atoms with E-state index in [2.05, 4.69) is 10.3 Å². The molecule has 1 saturated heterocycles. The molecule has 90 valence electrons. The Hall–Kier alpha value is -1.25. The molecule has 17 heavy (non-hydrogen) atoms. The number of hydrogen-bond donors (Lipinski definition) is 1. The van der Waals surface area contributed by atoms with Gasteiger partial charge >= 0.3 is 0 Å². The number of nitrogens with one attached hydrogen (secondary N) is 1. The normalized spacial score (nSPS) is 21.7. The number of nitriles is 1. The van der Waals surface area contributed by atoms with E-state index in [1.165, 1.54) is 0 Å². The highest BCUT2D eigenvalue weighted by atomic mass is 32.2. The molecular formula is C12H15N3OS. The molecule has 0 amide bonds. The molecule has 1 fully saturated rings. The van der Waals surface area contributed by atoms with Crippen LogP contribution in [0.15, 0.2) is 23.4 Å². The average Bonchev–Trinajstić information content (AvgIpc) is 2.40. The molecule has 4 nitrogen and oxygen atoms in total. The number of hydrogen-bond acceptors (Lipinski definition) is 4.